The third kappa shape index (κ3) is 4.55. The fourth-order valence-corrected chi connectivity index (χ4v) is 3.31. The van der Waals surface area contributed by atoms with E-state index in [1.807, 2.05) is 0 Å². The first-order valence-electron chi connectivity index (χ1n) is 8.45. The molecule has 0 spiro atoms. The SMILES string of the molecule is CCNC(CCCC1OCCc2ccccc21)C(C)(C)C. The van der Waals surface area contributed by atoms with E-state index >= 15 is 0 Å². The van der Waals surface area contributed by atoms with Crippen molar-refractivity contribution in [3.05, 3.63) is 35.4 Å². The molecule has 2 rings (SSSR count). The van der Waals surface area contributed by atoms with Crippen LogP contribution in [-0.2, 0) is 11.2 Å². The van der Waals surface area contributed by atoms with E-state index < -0.39 is 0 Å². The molecule has 1 aromatic rings. The minimum absolute atomic E-state index is 0.303. The molecule has 0 radical (unpaired) electrons. The van der Waals surface area contributed by atoms with Gasteiger partial charge >= 0.3 is 0 Å². The standard InChI is InChI=1S/C19H31NO/c1-5-20-18(19(2,3)4)12-8-11-17-16-10-7-6-9-15(16)13-14-21-17/h6-7,9-10,17-18,20H,5,8,11-14H2,1-4H3. The average Bonchev–Trinajstić information content (AvgIpc) is 2.45. The molecule has 2 nitrogen and oxygen atoms in total. The lowest BCUT2D eigenvalue weighted by molar-refractivity contribution is 0.0336. The van der Waals surface area contributed by atoms with Gasteiger partial charge in [-0.2, -0.15) is 0 Å². The Morgan fingerprint density at radius 2 is 2.05 bits per heavy atom. The number of ether oxygens (including phenoxy) is 1. The Morgan fingerprint density at radius 1 is 1.29 bits per heavy atom. The van der Waals surface area contributed by atoms with E-state index in [-0.39, 0.29) is 0 Å². The summed E-state index contributed by atoms with van der Waals surface area (Å²) in [4.78, 5) is 0. The van der Waals surface area contributed by atoms with Gasteiger partial charge in [-0.1, -0.05) is 52.0 Å². The van der Waals surface area contributed by atoms with Crippen molar-refractivity contribution in [1.82, 2.24) is 5.32 Å². The number of hydrogen-bond acceptors (Lipinski definition) is 2. The minimum atomic E-state index is 0.303. The molecule has 21 heavy (non-hydrogen) atoms. The zero-order valence-electron chi connectivity index (χ0n) is 14.1. The van der Waals surface area contributed by atoms with E-state index in [0.29, 0.717) is 17.6 Å². The molecule has 1 heterocycles. The Bertz CT molecular complexity index is 435. The van der Waals surface area contributed by atoms with Crippen LogP contribution in [0.25, 0.3) is 0 Å². The molecule has 0 saturated carbocycles. The number of benzene rings is 1. The molecular weight excluding hydrogens is 258 g/mol. The Kier molecular flexibility index (Phi) is 5.83. The van der Waals surface area contributed by atoms with E-state index in [0.717, 1.165) is 26.0 Å². The first-order chi connectivity index (χ1) is 10.0. The Labute approximate surface area is 130 Å². The average molecular weight is 289 g/mol. The van der Waals surface area contributed by atoms with Crippen LogP contribution < -0.4 is 5.32 Å². The van der Waals surface area contributed by atoms with Gasteiger partial charge in [0.2, 0.25) is 0 Å². The molecule has 0 amide bonds. The summed E-state index contributed by atoms with van der Waals surface area (Å²) in [5.41, 5.74) is 3.22. The van der Waals surface area contributed by atoms with Crippen molar-refractivity contribution >= 4 is 0 Å². The fourth-order valence-electron chi connectivity index (χ4n) is 3.31. The Balaban J connectivity index is 1.89. The van der Waals surface area contributed by atoms with Crippen molar-refractivity contribution in [3.8, 4) is 0 Å². The normalized spacial score (nSPS) is 20.1. The molecule has 2 atom stereocenters. The summed E-state index contributed by atoms with van der Waals surface area (Å²) >= 11 is 0. The van der Waals surface area contributed by atoms with Gasteiger partial charge < -0.3 is 10.1 Å². The van der Waals surface area contributed by atoms with Crippen molar-refractivity contribution in [3.63, 3.8) is 0 Å². The molecule has 0 saturated heterocycles. The lowest BCUT2D eigenvalue weighted by atomic mass is 9.83. The molecule has 2 heteroatoms. The van der Waals surface area contributed by atoms with Gasteiger partial charge in [-0.25, -0.2) is 0 Å². The van der Waals surface area contributed by atoms with Crippen LogP contribution in [-0.4, -0.2) is 19.2 Å². The minimum Gasteiger partial charge on any atom is -0.373 e. The molecule has 1 aliphatic heterocycles. The van der Waals surface area contributed by atoms with Gasteiger partial charge in [0.05, 0.1) is 12.7 Å². The summed E-state index contributed by atoms with van der Waals surface area (Å²) in [5, 5.41) is 3.64. The quantitative estimate of drug-likeness (QED) is 0.833. The van der Waals surface area contributed by atoms with Gasteiger partial charge in [-0.15, -0.1) is 0 Å². The van der Waals surface area contributed by atoms with Gasteiger partial charge in [0.1, 0.15) is 0 Å². The summed E-state index contributed by atoms with van der Waals surface area (Å²) in [6.45, 7) is 11.1. The van der Waals surface area contributed by atoms with Crippen molar-refractivity contribution in [1.29, 1.82) is 0 Å². The highest BCUT2D eigenvalue weighted by atomic mass is 16.5. The van der Waals surface area contributed by atoms with Crippen molar-refractivity contribution in [2.75, 3.05) is 13.2 Å². The number of rotatable bonds is 6. The molecule has 118 valence electrons. The Morgan fingerprint density at radius 3 is 2.76 bits per heavy atom. The maximum absolute atomic E-state index is 6.01. The second kappa shape index (κ2) is 7.42. The number of nitrogens with one attached hydrogen (secondary N) is 1. The van der Waals surface area contributed by atoms with Crippen LogP contribution in [0.15, 0.2) is 24.3 Å². The van der Waals surface area contributed by atoms with Crippen LogP contribution in [0.5, 0.6) is 0 Å². The van der Waals surface area contributed by atoms with Gasteiger partial charge in [-0.05, 0) is 48.8 Å². The largest absolute Gasteiger partial charge is 0.373 e. The number of hydrogen-bond donors (Lipinski definition) is 1. The highest BCUT2D eigenvalue weighted by Gasteiger charge is 2.25. The topological polar surface area (TPSA) is 21.3 Å². The number of fused-ring (bicyclic) bond motifs is 1. The molecular formula is C19H31NO. The van der Waals surface area contributed by atoms with Crippen molar-refractivity contribution in [2.45, 2.75) is 65.5 Å². The van der Waals surface area contributed by atoms with Crippen LogP contribution in [0.1, 0.15) is 64.2 Å². The molecule has 0 bridgehead atoms. The van der Waals surface area contributed by atoms with Crippen molar-refractivity contribution in [2.24, 2.45) is 5.41 Å². The van der Waals surface area contributed by atoms with Crippen LogP contribution in [0.2, 0.25) is 0 Å². The maximum atomic E-state index is 6.01. The van der Waals surface area contributed by atoms with Crippen LogP contribution in [0.3, 0.4) is 0 Å². The fraction of sp³-hybridized carbons (Fsp3) is 0.684. The summed E-state index contributed by atoms with van der Waals surface area (Å²) in [5.74, 6) is 0. The lowest BCUT2D eigenvalue weighted by Gasteiger charge is -2.32. The van der Waals surface area contributed by atoms with Gasteiger partial charge in [0.25, 0.3) is 0 Å². The monoisotopic (exact) mass is 289 g/mol. The summed E-state index contributed by atoms with van der Waals surface area (Å²) in [7, 11) is 0. The molecule has 0 aromatic heterocycles. The third-order valence-corrected chi connectivity index (χ3v) is 4.55. The molecule has 1 N–H and O–H groups in total. The van der Waals surface area contributed by atoms with Crippen LogP contribution in [0.4, 0.5) is 0 Å². The molecule has 0 aliphatic carbocycles. The van der Waals surface area contributed by atoms with E-state index in [9.17, 15) is 0 Å². The first-order valence-corrected chi connectivity index (χ1v) is 8.45. The van der Waals surface area contributed by atoms with Gasteiger partial charge in [0, 0.05) is 6.04 Å². The molecule has 1 aromatic carbocycles. The van der Waals surface area contributed by atoms with Crippen LogP contribution in [0, 0.1) is 5.41 Å². The first kappa shape index (κ1) is 16.5. The zero-order chi connectivity index (χ0) is 15.3. The second-order valence-corrected chi connectivity index (χ2v) is 7.22. The second-order valence-electron chi connectivity index (χ2n) is 7.22. The third-order valence-electron chi connectivity index (χ3n) is 4.55. The van der Waals surface area contributed by atoms with E-state index in [4.69, 9.17) is 4.74 Å². The van der Waals surface area contributed by atoms with Gasteiger partial charge in [0.15, 0.2) is 0 Å². The summed E-state index contributed by atoms with van der Waals surface area (Å²) in [6.07, 6.45) is 4.94. The molecule has 1 aliphatic rings. The summed E-state index contributed by atoms with van der Waals surface area (Å²) in [6, 6.07) is 9.35. The summed E-state index contributed by atoms with van der Waals surface area (Å²) < 4.78 is 6.01. The predicted molar refractivity (Wildman–Crippen MR) is 89.6 cm³/mol. The predicted octanol–water partition coefficient (Wildman–Crippen LogP) is 4.49. The van der Waals surface area contributed by atoms with E-state index in [1.54, 1.807) is 0 Å². The molecule has 0 fully saturated rings. The van der Waals surface area contributed by atoms with E-state index in [1.165, 1.54) is 24.0 Å². The highest BCUT2D eigenvalue weighted by molar-refractivity contribution is 5.30. The van der Waals surface area contributed by atoms with E-state index in [2.05, 4.69) is 57.3 Å². The smallest absolute Gasteiger partial charge is 0.0827 e. The molecule has 2 unspecified atom stereocenters. The van der Waals surface area contributed by atoms with Crippen LogP contribution >= 0.6 is 0 Å². The lowest BCUT2D eigenvalue weighted by Crippen LogP contribution is -2.40. The zero-order valence-corrected chi connectivity index (χ0v) is 14.1. The van der Waals surface area contributed by atoms with Gasteiger partial charge in [-0.3, -0.25) is 0 Å². The highest BCUT2D eigenvalue weighted by Crippen LogP contribution is 2.32. The maximum Gasteiger partial charge on any atom is 0.0827 e. The Hall–Kier alpha value is -0.860. The van der Waals surface area contributed by atoms with Crippen molar-refractivity contribution < 1.29 is 4.74 Å².